The minimum absolute atomic E-state index is 0.00871. The third kappa shape index (κ3) is 3.25. The van der Waals surface area contributed by atoms with Gasteiger partial charge in [0.05, 0.1) is 11.1 Å². The molecule has 0 fully saturated rings. The van der Waals surface area contributed by atoms with Gasteiger partial charge in [-0.05, 0) is 24.3 Å². The van der Waals surface area contributed by atoms with Crippen LogP contribution in [0.15, 0.2) is 42.6 Å². The Labute approximate surface area is 111 Å². The molecule has 2 aromatic rings. The summed E-state index contributed by atoms with van der Waals surface area (Å²) in [4.78, 5) is 14.3. The fourth-order valence-corrected chi connectivity index (χ4v) is 1.42. The van der Waals surface area contributed by atoms with Crippen molar-refractivity contribution in [2.75, 3.05) is 0 Å². The molecule has 1 aromatic carbocycles. The molecule has 1 heterocycles. The number of carboxylic acids is 1. The quantitative estimate of drug-likeness (QED) is 0.935. The first-order chi connectivity index (χ1) is 9.36. The van der Waals surface area contributed by atoms with Gasteiger partial charge in [-0.15, -0.1) is 0 Å². The van der Waals surface area contributed by atoms with Gasteiger partial charge in [0.15, 0.2) is 0 Å². The Morgan fingerprint density at radius 2 is 1.95 bits per heavy atom. The highest BCUT2D eigenvalue weighted by Crippen LogP contribution is 2.30. The molecule has 0 atom stereocenters. The van der Waals surface area contributed by atoms with Gasteiger partial charge in [-0.1, -0.05) is 6.07 Å². The zero-order chi connectivity index (χ0) is 14.8. The second kappa shape index (κ2) is 5.20. The van der Waals surface area contributed by atoms with Crippen molar-refractivity contribution < 1.29 is 27.8 Å². The highest BCUT2D eigenvalue weighted by Gasteiger charge is 2.30. The Kier molecular flexibility index (Phi) is 3.60. The van der Waals surface area contributed by atoms with Crippen molar-refractivity contribution in [3.63, 3.8) is 0 Å². The molecule has 0 amide bonds. The fourth-order valence-electron chi connectivity index (χ4n) is 1.42. The summed E-state index contributed by atoms with van der Waals surface area (Å²) in [6.07, 6.45) is -3.81. The minimum Gasteiger partial charge on any atom is -0.478 e. The van der Waals surface area contributed by atoms with Gasteiger partial charge in [-0.25, -0.2) is 9.78 Å². The highest BCUT2D eigenvalue weighted by atomic mass is 19.4. The lowest BCUT2D eigenvalue weighted by atomic mass is 10.2. The van der Waals surface area contributed by atoms with E-state index in [1.807, 2.05) is 0 Å². The molecule has 1 N–H and O–H groups in total. The lowest BCUT2D eigenvalue weighted by molar-refractivity contribution is -0.137. The van der Waals surface area contributed by atoms with E-state index in [1.165, 1.54) is 24.3 Å². The average Bonchev–Trinajstić information content (AvgIpc) is 2.38. The van der Waals surface area contributed by atoms with Crippen molar-refractivity contribution in [3.05, 3.63) is 53.7 Å². The summed E-state index contributed by atoms with van der Waals surface area (Å²) < 4.78 is 42.2. The monoisotopic (exact) mass is 283 g/mol. The maximum Gasteiger partial charge on any atom is 0.417 e. The van der Waals surface area contributed by atoms with Gasteiger partial charge < -0.3 is 9.84 Å². The SMILES string of the molecule is O=C(O)c1cccc(Oc2ccc(C(F)(F)F)cn2)c1. The molecule has 0 bridgehead atoms. The lowest BCUT2D eigenvalue weighted by Crippen LogP contribution is -2.05. The minimum atomic E-state index is -4.46. The predicted octanol–water partition coefficient (Wildman–Crippen LogP) is 3.59. The van der Waals surface area contributed by atoms with E-state index in [-0.39, 0.29) is 17.2 Å². The average molecular weight is 283 g/mol. The van der Waals surface area contributed by atoms with E-state index in [0.29, 0.717) is 6.20 Å². The summed E-state index contributed by atoms with van der Waals surface area (Å²) in [6.45, 7) is 0. The van der Waals surface area contributed by atoms with Crippen molar-refractivity contribution in [1.82, 2.24) is 4.98 Å². The van der Waals surface area contributed by atoms with Crippen molar-refractivity contribution in [3.8, 4) is 11.6 Å². The number of hydrogen-bond acceptors (Lipinski definition) is 3. The number of hydrogen-bond donors (Lipinski definition) is 1. The summed E-state index contributed by atoms with van der Waals surface area (Å²) >= 11 is 0. The van der Waals surface area contributed by atoms with Gasteiger partial charge in [0.25, 0.3) is 0 Å². The van der Waals surface area contributed by atoms with Crippen LogP contribution in [0.1, 0.15) is 15.9 Å². The number of carbonyl (C=O) groups is 1. The smallest absolute Gasteiger partial charge is 0.417 e. The molecule has 0 radical (unpaired) electrons. The second-order valence-electron chi connectivity index (χ2n) is 3.82. The molecular weight excluding hydrogens is 275 g/mol. The first kappa shape index (κ1) is 13.9. The second-order valence-corrected chi connectivity index (χ2v) is 3.82. The zero-order valence-electron chi connectivity index (χ0n) is 9.89. The van der Waals surface area contributed by atoms with Gasteiger partial charge in [0.2, 0.25) is 5.88 Å². The van der Waals surface area contributed by atoms with E-state index < -0.39 is 17.7 Å². The van der Waals surface area contributed by atoms with E-state index in [1.54, 1.807) is 0 Å². The Bertz CT molecular complexity index is 624. The summed E-state index contributed by atoms with van der Waals surface area (Å²) in [7, 11) is 0. The van der Waals surface area contributed by atoms with Crippen LogP contribution in [-0.4, -0.2) is 16.1 Å². The number of aromatic carboxylic acids is 1. The Morgan fingerprint density at radius 1 is 1.20 bits per heavy atom. The van der Waals surface area contributed by atoms with Crippen LogP contribution in [0.5, 0.6) is 11.6 Å². The molecule has 0 saturated carbocycles. The number of benzene rings is 1. The number of nitrogens with zero attached hydrogens (tertiary/aromatic N) is 1. The van der Waals surface area contributed by atoms with Gasteiger partial charge in [-0.2, -0.15) is 13.2 Å². The van der Waals surface area contributed by atoms with Crippen molar-refractivity contribution >= 4 is 5.97 Å². The normalized spacial score (nSPS) is 11.2. The summed E-state index contributed by atoms with van der Waals surface area (Å²) in [5.41, 5.74) is -0.876. The van der Waals surface area contributed by atoms with Gasteiger partial charge in [0, 0.05) is 12.3 Å². The van der Waals surface area contributed by atoms with Gasteiger partial charge in [-0.3, -0.25) is 0 Å². The summed E-state index contributed by atoms with van der Waals surface area (Å²) in [5, 5.41) is 8.81. The standard InChI is InChI=1S/C13H8F3NO3/c14-13(15,16)9-4-5-11(17-7-9)20-10-3-1-2-8(6-10)12(18)19/h1-7H,(H,18,19). The third-order valence-corrected chi connectivity index (χ3v) is 2.37. The van der Waals surface area contributed by atoms with E-state index in [2.05, 4.69) is 4.98 Å². The van der Waals surface area contributed by atoms with Crippen LogP contribution in [0.25, 0.3) is 0 Å². The highest BCUT2D eigenvalue weighted by molar-refractivity contribution is 5.88. The van der Waals surface area contributed by atoms with Crippen LogP contribution < -0.4 is 4.74 Å². The molecule has 0 aliphatic rings. The van der Waals surface area contributed by atoms with Gasteiger partial charge >= 0.3 is 12.1 Å². The Balaban J connectivity index is 2.18. The molecule has 0 aliphatic carbocycles. The number of carboxylic acid groups (broad SMARTS) is 1. The van der Waals surface area contributed by atoms with E-state index in [9.17, 15) is 18.0 Å². The number of pyridine rings is 1. The third-order valence-electron chi connectivity index (χ3n) is 2.37. The Morgan fingerprint density at radius 3 is 2.50 bits per heavy atom. The predicted molar refractivity (Wildman–Crippen MR) is 62.7 cm³/mol. The van der Waals surface area contributed by atoms with Crippen LogP contribution in [0, 0.1) is 0 Å². The Hall–Kier alpha value is -2.57. The molecule has 0 saturated heterocycles. The molecule has 0 spiro atoms. The van der Waals surface area contributed by atoms with Crippen LogP contribution in [0.4, 0.5) is 13.2 Å². The molecule has 7 heteroatoms. The number of rotatable bonds is 3. The maximum absolute atomic E-state index is 12.3. The van der Waals surface area contributed by atoms with Crippen molar-refractivity contribution in [1.29, 1.82) is 0 Å². The number of aromatic nitrogens is 1. The van der Waals surface area contributed by atoms with Crippen LogP contribution >= 0.6 is 0 Å². The molecule has 1 aromatic heterocycles. The van der Waals surface area contributed by atoms with E-state index in [0.717, 1.165) is 12.1 Å². The number of halogens is 3. The molecular formula is C13H8F3NO3. The maximum atomic E-state index is 12.3. The molecule has 4 nitrogen and oxygen atoms in total. The molecule has 2 rings (SSSR count). The number of alkyl halides is 3. The molecule has 0 unspecified atom stereocenters. The van der Waals surface area contributed by atoms with Crippen molar-refractivity contribution in [2.24, 2.45) is 0 Å². The van der Waals surface area contributed by atoms with Gasteiger partial charge in [0.1, 0.15) is 5.75 Å². The molecule has 20 heavy (non-hydrogen) atoms. The molecule has 0 aliphatic heterocycles. The topological polar surface area (TPSA) is 59.4 Å². The first-order valence-electron chi connectivity index (χ1n) is 5.41. The van der Waals surface area contributed by atoms with Crippen LogP contribution in [-0.2, 0) is 6.18 Å². The van der Waals surface area contributed by atoms with Crippen molar-refractivity contribution in [2.45, 2.75) is 6.18 Å². The summed E-state index contributed by atoms with van der Waals surface area (Å²) in [6, 6.07) is 7.46. The summed E-state index contributed by atoms with van der Waals surface area (Å²) in [5.74, 6) is -1.01. The number of ether oxygens (including phenoxy) is 1. The lowest BCUT2D eigenvalue weighted by Gasteiger charge is -2.08. The largest absolute Gasteiger partial charge is 0.478 e. The first-order valence-corrected chi connectivity index (χ1v) is 5.41. The fraction of sp³-hybridized carbons (Fsp3) is 0.0769. The molecule has 104 valence electrons. The van der Waals surface area contributed by atoms with E-state index in [4.69, 9.17) is 9.84 Å². The van der Waals surface area contributed by atoms with Crippen LogP contribution in [0.3, 0.4) is 0 Å². The van der Waals surface area contributed by atoms with Crippen LogP contribution in [0.2, 0.25) is 0 Å². The van der Waals surface area contributed by atoms with E-state index >= 15 is 0 Å². The zero-order valence-corrected chi connectivity index (χ0v) is 9.89.